The zero-order valence-corrected chi connectivity index (χ0v) is 26.7. The molecule has 0 bridgehead atoms. The smallest absolute Gasteiger partial charge is 0.354 e. The summed E-state index contributed by atoms with van der Waals surface area (Å²) in [6.45, 7) is 6.49. The lowest BCUT2D eigenvalue weighted by Crippen LogP contribution is -2.47. The van der Waals surface area contributed by atoms with E-state index in [2.05, 4.69) is 34.1 Å². The molecule has 12 heteroatoms. The molecule has 44 heavy (non-hydrogen) atoms. The van der Waals surface area contributed by atoms with Gasteiger partial charge in [-0.15, -0.1) is 0 Å². The van der Waals surface area contributed by atoms with Crippen molar-refractivity contribution in [3.63, 3.8) is 0 Å². The Balaban J connectivity index is 1.38. The van der Waals surface area contributed by atoms with Crippen molar-refractivity contribution in [2.45, 2.75) is 58.5 Å². The van der Waals surface area contributed by atoms with Gasteiger partial charge in [0, 0.05) is 35.8 Å². The number of nitrogens with zero attached hydrogens (tertiary/aromatic N) is 3. The van der Waals surface area contributed by atoms with Crippen LogP contribution in [0.5, 0.6) is 0 Å². The molecular formula is C32H38ClFN6O3S. The molecule has 9 nitrogen and oxygen atoms in total. The molecule has 1 fully saturated rings. The minimum atomic E-state index is -3.26. The second kappa shape index (κ2) is 13.2. The highest BCUT2D eigenvalue weighted by molar-refractivity contribution is 7.91. The van der Waals surface area contributed by atoms with Crippen molar-refractivity contribution < 1.29 is 12.8 Å². The fourth-order valence-corrected chi connectivity index (χ4v) is 7.71. The van der Waals surface area contributed by atoms with E-state index in [4.69, 9.17) is 17.3 Å². The van der Waals surface area contributed by atoms with Crippen LogP contribution in [0, 0.1) is 11.7 Å². The van der Waals surface area contributed by atoms with Gasteiger partial charge in [0.25, 0.3) is 0 Å². The van der Waals surface area contributed by atoms with Crippen molar-refractivity contribution in [1.82, 2.24) is 19.9 Å². The summed E-state index contributed by atoms with van der Waals surface area (Å²) in [5.74, 6) is 0.561. The molecule has 2 unspecified atom stereocenters. The molecule has 1 aliphatic heterocycles. The zero-order valence-electron chi connectivity index (χ0n) is 25.1. The highest BCUT2D eigenvalue weighted by Gasteiger charge is 2.31. The van der Waals surface area contributed by atoms with Gasteiger partial charge in [-0.2, -0.15) is 4.98 Å². The quantitative estimate of drug-likeness (QED) is 0.158. The molecule has 0 radical (unpaired) electrons. The molecule has 0 amide bonds. The van der Waals surface area contributed by atoms with E-state index < -0.39 is 21.3 Å². The first kappa shape index (κ1) is 31.9. The van der Waals surface area contributed by atoms with E-state index in [1.54, 1.807) is 43.5 Å². The summed E-state index contributed by atoms with van der Waals surface area (Å²) in [5, 5.41) is 4.11. The van der Waals surface area contributed by atoms with Crippen LogP contribution in [0.15, 0.2) is 58.4 Å². The van der Waals surface area contributed by atoms with Gasteiger partial charge in [0.05, 0.1) is 33.7 Å². The van der Waals surface area contributed by atoms with Crippen LogP contribution in [-0.4, -0.2) is 52.9 Å². The van der Waals surface area contributed by atoms with Gasteiger partial charge < -0.3 is 16.0 Å². The number of amidine groups is 1. The number of aliphatic imine (C=N–C) groups is 1. The molecule has 0 aliphatic carbocycles. The summed E-state index contributed by atoms with van der Waals surface area (Å²) < 4.78 is 41.8. The minimum Gasteiger partial charge on any atom is -0.388 e. The molecule has 1 aliphatic rings. The third kappa shape index (κ3) is 7.57. The number of sulfone groups is 1. The van der Waals surface area contributed by atoms with Crippen LogP contribution >= 0.6 is 11.6 Å². The molecule has 2 aromatic carbocycles. The van der Waals surface area contributed by atoms with Gasteiger partial charge in [-0.1, -0.05) is 44.0 Å². The van der Waals surface area contributed by atoms with Gasteiger partial charge in [-0.25, -0.2) is 17.6 Å². The second-order valence-corrected chi connectivity index (χ2v) is 14.6. The first-order chi connectivity index (χ1) is 20.9. The van der Waals surface area contributed by atoms with Crippen LogP contribution in [-0.2, 0) is 16.3 Å². The van der Waals surface area contributed by atoms with E-state index in [1.807, 2.05) is 12.1 Å². The number of aromatic amines is 1. The van der Waals surface area contributed by atoms with E-state index >= 15 is 4.39 Å². The fourth-order valence-electron chi connectivity index (χ4n) is 5.66. The van der Waals surface area contributed by atoms with Gasteiger partial charge in [-0.05, 0) is 73.6 Å². The molecular weight excluding hydrogens is 603 g/mol. The lowest BCUT2D eigenvalue weighted by molar-refractivity contribution is 0.433. The minimum absolute atomic E-state index is 0.0128. The Bertz CT molecular complexity index is 1850. The van der Waals surface area contributed by atoms with Crippen molar-refractivity contribution >= 4 is 38.3 Å². The summed E-state index contributed by atoms with van der Waals surface area (Å²) >= 11 is 6.26. The maximum Gasteiger partial charge on any atom is 0.354 e. The molecule has 234 valence electrons. The number of aromatic nitrogens is 3. The topological polar surface area (TPSA) is 135 Å². The number of benzene rings is 2. The van der Waals surface area contributed by atoms with E-state index in [9.17, 15) is 13.2 Å². The van der Waals surface area contributed by atoms with E-state index in [0.29, 0.717) is 52.7 Å². The van der Waals surface area contributed by atoms with Gasteiger partial charge in [0.1, 0.15) is 5.65 Å². The summed E-state index contributed by atoms with van der Waals surface area (Å²) in [6.07, 6.45) is 5.04. The summed E-state index contributed by atoms with van der Waals surface area (Å²) in [4.78, 5) is 24.5. The van der Waals surface area contributed by atoms with Crippen LogP contribution < -0.4 is 16.7 Å². The standard InChI is InChI=1S/C32H38ClFN6O3S/c1-19(2)5-4-6-21-13-26(30(34)27(33)14-21)28-15-23-16-40(32(41)39-31(23)38-28)25-9-7-22(8-10-25)29-18-44(42,43)17-24(37-29)11-12-36-20(3)35/h7-10,13-16,19,24,29,37H,4-6,11-12,17-18H2,1-3H3,(H2,35,36)(H,38,39,41). The average molecular weight is 641 g/mol. The van der Waals surface area contributed by atoms with Gasteiger partial charge in [0.15, 0.2) is 15.7 Å². The lowest BCUT2D eigenvalue weighted by atomic mass is 10.00. The molecule has 4 aromatic rings. The van der Waals surface area contributed by atoms with E-state index in [-0.39, 0.29) is 28.6 Å². The largest absolute Gasteiger partial charge is 0.388 e. The molecule has 3 heterocycles. The Morgan fingerprint density at radius 1 is 1.20 bits per heavy atom. The van der Waals surface area contributed by atoms with Crippen LogP contribution in [0.25, 0.3) is 28.0 Å². The normalized spacial score (nSPS) is 18.7. The molecule has 2 aromatic heterocycles. The molecule has 5 rings (SSSR count). The van der Waals surface area contributed by atoms with Gasteiger partial charge in [0.2, 0.25) is 0 Å². The predicted molar refractivity (Wildman–Crippen MR) is 175 cm³/mol. The first-order valence-electron chi connectivity index (χ1n) is 14.8. The maximum absolute atomic E-state index is 15.1. The number of hydrogen-bond donors (Lipinski definition) is 3. The average Bonchev–Trinajstić information content (AvgIpc) is 3.36. The SMILES string of the molecule is CC(N)=NCCC1CS(=O)(=O)CC(c2ccc(-n3cc4cc(-c5cc(CCCC(C)C)cc(Cl)c5F)[nH]c4nc3=O)cc2)N1. The Labute approximate surface area is 261 Å². The fraction of sp³-hybridized carbons (Fsp3) is 0.406. The Morgan fingerprint density at radius 2 is 1.95 bits per heavy atom. The van der Waals surface area contributed by atoms with Crippen molar-refractivity contribution in [1.29, 1.82) is 0 Å². The van der Waals surface area contributed by atoms with E-state index in [0.717, 1.165) is 30.4 Å². The van der Waals surface area contributed by atoms with Crippen molar-refractivity contribution in [3.8, 4) is 16.9 Å². The number of rotatable bonds is 10. The molecule has 0 saturated carbocycles. The van der Waals surface area contributed by atoms with Crippen LogP contribution in [0.4, 0.5) is 4.39 Å². The van der Waals surface area contributed by atoms with Crippen molar-refractivity contribution in [3.05, 3.63) is 81.1 Å². The Morgan fingerprint density at radius 3 is 2.66 bits per heavy atom. The number of aryl methyl sites for hydroxylation is 1. The summed E-state index contributed by atoms with van der Waals surface area (Å²) in [6, 6.07) is 11.8. The third-order valence-corrected chi connectivity index (χ3v) is 9.88. The van der Waals surface area contributed by atoms with Crippen LogP contribution in [0.2, 0.25) is 5.02 Å². The van der Waals surface area contributed by atoms with Crippen molar-refractivity contribution in [2.75, 3.05) is 18.1 Å². The second-order valence-electron chi connectivity index (χ2n) is 12.0. The number of halogens is 2. The third-order valence-electron chi connectivity index (χ3n) is 7.86. The zero-order chi connectivity index (χ0) is 31.6. The molecule has 4 N–H and O–H groups in total. The number of H-pyrrole nitrogens is 1. The van der Waals surface area contributed by atoms with Crippen molar-refractivity contribution in [2.24, 2.45) is 16.6 Å². The lowest BCUT2D eigenvalue weighted by Gasteiger charge is -2.31. The van der Waals surface area contributed by atoms with E-state index in [1.165, 1.54) is 4.57 Å². The highest BCUT2D eigenvalue weighted by atomic mass is 35.5. The number of fused-ring (bicyclic) bond motifs is 1. The summed E-state index contributed by atoms with van der Waals surface area (Å²) in [5.41, 5.74) is 8.58. The highest BCUT2D eigenvalue weighted by Crippen LogP contribution is 2.32. The first-order valence-corrected chi connectivity index (χ1v) is 17.0. The summed E-state index contributed by atoms with van der Waals surface area (Å²) in [7, 11) is -3.26. The molecule has 0 spiro atoms. The molecule has 2 atom stereocenters. The van der Waals surface area contributed by atoms with Crippen LogP contribution in [0.3, 0.4) is 0 Å². The van der Waals surface area contributed by atoms with Gasteiger partial charge >= 0.3 is 5.69 Å². The monoisotopic (exact) mass is 640 g/mol. The Hall–Kier alpha value is -3.54. The maximum atomic E-state index is 15.1. The predicted octanol–water partition coefficient (Wildman–Crippen LogP) is 5.35. The van der Waals surface area contributed by atoms with Gasteiger partial charge in [-0.3, -0.25) is 9.56 Å². The number of nitrogens with two attached hydrogens (primary N) is 1. The van der Waals surface area contributed by atoms with Crippen LogP contribution in [0.1, 0.15) is 57.2 Å². The molecule has 1 saturated heterocycles. The Kier molecular flexibility index (Phi) is 9.57. The number of hydrogen-bond acceptors (Lipinski definition) is 6. The number of nitrogens with one attached hydrogen (secondary N) is 2.